The lowest BCUT2D eigenvalue weighted by atomic mass is 10.0. The zero-order valence-electron chi connectivity index (χ0n) is 20.1. The number of ether oxygens (including phenoxy) is 1. The summed E-state index contributed by atoms with van der Waals surface area (Å²) in [6, 6.07) is 0. The second-order valence-corrected chi connectivity index (χ2v) is 14.6. The third kappa shape index (κ3) is 25.9. The number of carbonyl (C=O) groups is 1. The van der Waals surface area contributed by atoms with Gasteiger partial charge in [0.15, 0.2) is 0 Å². The molecule has 0 atom stereocenters. The van der Waals surface area contributed by atoms with Gasteiger partial charge in [0.1, 0.15) is 0 Å². The van der Waals surface area contributed by atoms with Gasteiger partial charge in [-0.2, -0.15) is 0 Å². The molecule has 0 fully saturated rings. The highest BCUT2D eigenvalue weighted by Crippen LogP contribution is 2.47. The van der Waals surface area contributed by atoms with E-state index in [1.807, 2.05) is 0 Å². The fourth-order valence-electron chi connectivity index (χ4n) is 3.45. The third-order valence-corrected chi connectivity index (χ3v) is 6.96. The van der Waals surface area contributed by atoms with Crippen LogP contribution >= 0.6 is 7.26 Å². The molecule has 2 nitrogen and oxygen atoms in total. The van der Waals surface area contributed by atoms with Crippen molar-refractivity contribution < 1.29 is 21.9 Å². The average molecular weight is 449 g/mol. The number of rotatable bonds is 20. The Hall–Kier alpha value is -0.0700. The van der Waals surface area contributed by atoms with Crippen LogP contribution in [-0.2, 0) is 9.53 Å². The number of hydrogen-bond donors (Lipinski definition) is 0. The van der Waals surface area contributed by atoms with Crippen LogP contribution in [-0.4, -0.2) is 38.7 Å². The normalized spacial score (nSPS) is 11.2. The zero-order chi connectivity index (χ0) is 21.1. The SMILES string of the molecule is C=C(C)C(=O)OCCCCCCCCCCCCCCCCCC[P+](C)(C)C.[Cl-]. The van der Waals surface area contributed by atoms with Gasteiger partial charge in [-0.1, -0.05) is 90.0 Å². The summed E-state index contributed by atoms with van der Waals surface area (Å²) in [5.74, 6) is -0.253. The van der Waals surface area contributed by atoms with Crippen molar-refractivity contribution in [3.63, 3.8) is 0 Å². The van der Waals surface area contributed by atoms with Crippen molar-refractivity contribution in [3.8, 4) is 0 Å². The summed E-state index contributed by atoms with van der Waals surface area (Å²) in [6.45, 7) is 13.2. The second kappa shape index (κ2) is 21.2. The molecule has 0 radical (unpaired) electrons. The van der Waals surface area contributed by atoms with Crippen LogP contribution in [0.5, 0.6) is 0 Å². The lowest BCUT2D eigenvalue weighted by Gasteiger charge is -2.10. The molecule has 0 saturated carbocycles. The van der Waals surface area contributed by atoms with Gasteiger partial charge in [0, 0.05) is 32.8 Å². The maximum atomic E-state index is 11.2. The molecule has 0 unspecified atom stereocenters. The Bertz CT molecular complexity index is 391. The number of hydrogen-bond acceptors (Lipinski definition) is 2. The first-order valence-electron chi connectivity index (χ1n) is 12.0. The van der Waals surface area contributed by atoms with Crippen molar-refractivity contribution in [2.75, 3.05) is 32.8 Å². The van der Waals surface area contributed by atoms with Crippen LogP contribution in [0.25, 0.3) is 0 Å². The molecule has 0 aromatic rings. The Morgan fingerprint density at radius 1 is 0.655 bits per heavy atom. The van der Waals surface area contributed by atoms with Crippen LogP contribution < -0.4 is 12.4 Å². The van der Waals surface area contributed by atoms with Gasteiger partial charge >= 0.3 is 5.97 Å². The molecule has 0 N–H and O–H groups in total. The molecule has 0 spiro atoms. The van der Waals surface area contributed by atoms with Crippen molar-refractivity contribution in [1.82, 2.24) is 0 Å². The first-order chi connectivity index (χ1) is 13.3. The molecule has 0 heterocycles. The molecule has 29 heavy (non-hydrogen) atoms. The zero-order valence-corrected chi connectivity index (χ0v) is 21.7. The highest BCUT2D eigenvalue weighted by atomic mass is 35.5. The maximum absolute atomic E-state index is 11.2. The Balaban J connectivity index is 0. The fraction of sp³-hybridized carbons (Fsp3) is 0.880. The van der Waals surface area contributed by atoms with Crippen molar-refractivity contribution in [1.29, 1.82) is 0 Å². The van der Waals surface area contributed by atoms with Crippen LogP contribution in [0.3, 0.4) is 0 Å². The van der Waals surface area contributed by atoms with E-state index in [1.165, 1.54) is 102 Å². The Kier molecular flexibility index (Phi) is 22.7. The van der Waals surface area contributed by atoms with Crippen LogP contribution in [0, 0.1) is 0 Å². The Morgan fingerprint density at radius 2 is 0.966 bits per heavy atom. The molecule has 0 aliphatic rings. The predicted octanol–water partition coefficient (Wildman–Crippen LogP) is 5.26. The van der Waals surface area contributed by atoms with E-state index < -0.39 is 7.26 Å². The number of carbonyl (C=O) groups excluding carboxylic acids is 1. The lowest BCUT2D eigenvalue weighted by Crippen LogP contribution is -3.00. The minimum atomic E-state index is -0.532. The van der Waals surface area contributed by atoms with E-state index in [-0.39, 0.29) is 18.4 Å². The summed E-state index contributed by atoms with van der Waals surface area (Å²) >= 11 is 0. The summed E-state index contributed by atoms with van der Waals surface area (Å²) in [5.41, 5.74) is 0.493. The summed E-state index contributed by atoms with van der Waals surface area (Å²) in [4.78, 5) is 11.2. The summed E-state index contributed by atoms with van der Waals surface area (Å²) in [5, 5.41) is 0. The summed E-state index contributed by atoms with van der Waals surface area (Å²) in [6.07, 6.45) is 23.4. The van der Waals surface area contributed by atoms with Crippen LogP contribution in [0.15, 0.2) is 12.2 Å². The molecule has 0 aromatic carbocycles. The van der Waals surface area contributed by atoms with E-state index in [2.05, 4.69) is 26.6 Å². The van der Waals surface area contributed by atoms with Gasteiger partial charge in [-0.05, 0) is 26.2 Å². The fourth-order valence-corrected chi connectivity index (χ4v) is 4.62. The largest absolute Gasteiger partial charge is 1.00 e. The topological polar surface area (TPSA) is 26.3 Å². The lowest BCUT2D eigenvalue weighted by molar-refractivity contribution is -0.139. The van der Waals surface area contributed by atoms with Gasteiger partial charge in [-0.3, -0.25) is 0 Å². The van der Waals surface area contributed by atoms with E-state index in [0.717, 1.165) is 6.42 Å². The third-order valence-electron chi connectivity index (χ3n) is 5.30. The van der Waals surface area contributed by atoms with Crippen molar-refractivity contribution >= 4 is 13.2 Å². The summed E-state index contributed by atoms with van der Waals surface area (Å²) < 4.78 is 5.10. The first-order valence-corrected chi connectivity index (χ1v) is 15.3. The van der Waals surface area contributed by atoms with Crippen molar-refractivity contribution in [3.05, 3.63) is 12.2 Å². The summed E-state index contributed by atoms with van der Waals surface area (Å²) in [7, 11) is -0.532. The minimum Gasteiger partial charge on any atom is -1.00 e. The highest BCUT2D eigenvalue weighted by Gasteiger charge is 2.15. The molecular weight excluding hydrogens is 399 g/mol. The molecule has 0 saturated heterocycles. The maximum Gasteiger partial charge on any atom is 0.333 e. The molecule has 0 aromatic heterocycles. The average Bonchev–Trinajstić information content (AvgIpc) is 2.62. The molecule has 0 bridgehead atoms. The number of esters is 1. The molecule has 4 heteroatoms. The van der Waals surface area contributed by atoms with Crippen LogP contribution in [0.2, 0.25) is 0 Å². The van der Waals surface area contributed by atoms with Gasteiger partial charge < -0.3 is 17.1 Å². The van der Waals surface area contributed by atoms with Gasteiger partial charge in [-0.25, -0.2) is 4.79 Å². The second-order valence-electron chi connectivity index (χ2n) is 9.59. The highest BCUT2D eigenvalue weighted by molar-refractivity contribution is 7.73. The molecule has 0 aliphatic heterocycles. The molecule has 0 aliphatic carbocycles. The predicted molar refractivity (Wildman–Crippen MR) is 129 cm³/mol. The number of unbranched alkanes of at least 4 members (excludes halogenated alkanes) is 15. The van der Waals surface area contributed by atoms with Gasteiger partial charge in [0.2, 0.25) is 0 Å². The van der Waals surface area contributed by atoms with Crippen molar-refractivity contribution in [2.24, 2.45) is 0 Å². The number of halogens is 1. The van der Waals surface area contributed by atoms with Crippen LogP contribution in [0.1, 0.15) is 110 Å². The van der Waals surface area contributed by atoms with E-state index in [4.69, 9.17) is 4.74 Å². The molecule has 0 rings (SSSR count). The first kappa shape index (κ1) is 31.1. The van der Waals surface area contributed by atoms with E-state index in [9.17, 15) is 4.79 Å². The molecule has 0 amide bonds. The smallest absolute Gasteiger partial charge is 0.333 e. The van der Waals surface area contributed by atoms with Crippen molar-refractivity contribution in [2.45, 2.75) is 110 Å². The monoisotopic (exact) mass is 448 g/mol. The van der Waals surface area contributed by atoms with Gasteiger partial charge in [-0.15, -0.1) is 0 Å². The minimum absolute atomic E-state index is 0. The van der Waals surface area contributed by atoms with E-state index in [0.29, 0.717) is 12.2 Å². The van der Waals surface area contributed by atoms with E-state index in [1.54, 1.807) is 6.92 Å². The Labute approximate surface area is 189 Å². The van der Waals surface area contributed by atoms with Gasteiger partial charge in [0.05, 0.1) is 12.8 Å². The van der Waals surface area contributed by atoms with Crippen LogP contribution in [0.4, 0.5) is 0 Å². The molecule has 174 valence electrons. The quantitative estimate of drug-likeness (QED) is 0.110. The molecular formula is C25H50ClO2P. The van der Waals surface area contributed by atoms with E-state index >= 15 is 0 Å². The standard InChI is InChI=1S/C25H50O2P.ClH/c1-24(2)25(26)27-22-20-18-16-14-12-10-8-6-7-9-11-13-15-17-19-21-23-28(3,4)5;/h1,6-23H2,2-5H3;1H/q+1;/p-1. The Morgan fingerprint density at radius 3 is 1.28 bits per heavy atom. The van der Waals surface area contributed by atoms with Gasteiger partial charge in [0.25, 0.3) is 0 Å².